The van der Waals surface area contributed by atoms with E-state index in [2.05, 4.69) is 18.8 Å². The minimum absolute atomic E-state index is 0.0797. The van der Waals surface area contributed by atoms with Crippen LogP contribution in [0, 0.1) is 12.3 Å². The Morgan fingerprint density at radius 3 is 2.57 bits per heavy atom. The van der Waals surface area contributed by atoms with Gasteiger partial charge in [-0.05, 0) is 19.1 Å². The number of thioether (sulfide) groups is 1. The third-order valence-electron chi connectivity index (χ3n) is 1.71. The molecule has 4 heteroatoms. The molecule has 0 spiro atoms. The van der Waals surface area contributed by atoms with Gasteiger partial charge in [0.15, 0.2) is 0 Å². The highest BCUT2D eigenvalue weighted by molar-refractivity contribution is 7.99. The molecule has 3 N–H and O–H groups in total. The summed E-state index contributed by atoms with van der Waals surface area (Å²) in [5.74, 6) is 0.0797. The first-order valence-electron chi connectivity index (χ1n) is 4.49. The van der Waals surface area contributed by atoms with Crippen molar-refractivity contribution in [2.24, 2.45) is 5.73 Å². The first kappa shape index (κ1) is 11.0. The molecule has 0 aliphatic rings. The van der Waals surface area contributed by atoms with Crippen LogP contribution >= 0.6 is 11.8 Å². The van der Waals surface area contributed by atoms with Gasteiger partial charge in [0.1, 0.15) is 5.84 Å². The van der Waals surface area contributed by atoms with Crippen LogP contribution in [0.25, 0.3) is 0 Å². The maximum Gasteiger partial charge on any atom is 0.124 e. The van der Waals surface area contributed by atoms with Crippen LogP contribution in [0.2, 0.25) is 0 Å². The minimum atomic E-state index is 0.0797. The number of pyridine rings is 1. The lowest BCUT2D eigenvalue weighted by Crippen LogP contribution is -2.13. The van der Waals surface area contributed by atoms with Crippen LogP contribution in [-0.4, -0.2) is 16.1 Å². The summed E-state index contributed by atoms with van der Waals surface area (Å²) < 4.78 is 0. The van der Waals surface area contributed by atoms with E-state index in [0.717, 1.165) is 16.3 Å². The van der Waals surface area contributed by atoms with Crippen molar-refractivity contribution in [2.45, 2.75) is 31.0 Å². The van der Waals surface area contributed by atoms with E-state index in [1.165, 1.54) is 0 Å². The molecule has 14 heavy (non-hydrogen) atoms. The van der Waals surface area contributed by atoms with Crippen molar-refractivity contribution >= 4 is 17.6 Å². The van der Waals surface area contributed by atoms with Crippen molar-refractivity contribution in [1.82, 2.24) is 4.98 Å². The highest BCUT2D eigenvalue weighted by Gasteiger charge is 2.05. The van der Waals surface area contributed by atoms with Gasteiger partial charge in [0, 0.05) is 16.5 Å². The van der Waals surface area contributed by atoms with Gasteiger partial charge in [-0.1, -0.05) is 13.8 Å². The molecule has 0 aliphatic carbocycles. The summed E-state index contributed by atoms with van der Waals surface area (Å²) in [6.07, 6.45) is 0. The van der Waals surface area contributed by atoms with Crippen LogP contribution in [-0.2, 0) is 0 Å². The van der Waals surface area contributed by atoms with Crippen molar-refractivity contribution < 1.29 is 0 Å². The third-order valence-corrected chi connectivity index (χ3v) is 2.65. The van der Waals surface area contributed by atoms with Crippen LogP contribution in [0.15, 0.2) is 17.2 Å². The van der Waals surface area contributed by atoms with Crippen LogP contribution in [0.3, 0.4) is 0 Å². The van der Waals surface area contributed by atoms with Crippen molar-refractivity contribution in [2.75, 3.05) is 0 Å². The summed E-state index contributed by atoms with van der Waals surface area (Å²) in [6, 6.07) is 3.77. The Kier molecular flexibility index (Phi) is 3.52. The molecular weight excluding hydrogens is 194 g/mol. The highest BCUT2D eigenvalue weighted by Crippen LogP contribution is 2.21. The van der Waals surface area contributed by atoms with E-state index >= 15 is 0 Å². The lowest BCUT2D eigenvalue weighted by Gasteiger charge is -2.07. The zero-order chi connectivity index (χ0) is 10.7. The predicted molar refractivity (Wildman–Crippen MR) is 61.0 cm³/mol. The smallest absolute Gasteiger partial charge is 0.124 e. The molecular formula is C10H15N3S. The van der Waals surface area contributed by atoms with E-state index in [1.807, 2.05) is 19.1 Å². The van der Waals surface area contributed by atoms with Gasteiger partial charge in [-0.3, -0.25) is 5.41 Å². The average Bonchev–Trinajstić information content (AvgIpc) is 2.01. The number of hydrogen-bond donors (Lipinski definition) is 2. The van der Waals surface area contributed by atoms with Gasteiger partial charge < -0.3 is 5.73 Å². The normalized spacial score (nSPS) is 10.6. The third kappa shape index (κ3) is 2.73. The van der Waals surface area contributed by atoms with E-state index in [0.29, 0.717) is 5.25 Å². The molecule has 0 unspecified atom stereocenters. The fourth-order valence-electron chi connectivity index (χ4n) is 1.13. The number of nitrogens with zero attached hydrogens (tertiary/aromatic N) is 1. The SMILES string of the molecule is Cc1nc(SC(C)C)ccc1C(=N)N. The van der Waals surface area contributed by atoms with E-state index < -0.39 is 0 Å². The molecule has 0 aromatic carbocycles. The van der Waals surface area contributed by atoms with E-state index in [-0.39, 0.29) is 5.84 Å². The second kappa shape index (κ2) is 4.46. The minimum Gasteiger partial charge on any atom is -0.384 e. The maximum absolute atomic E-state index is 7.32. The predicted octanol–water partition coefficient (Wildman–Crippen LogP) is 2.17. The lowest BCUT2D eigenvalue weighted by atomic mass is 10.2. The molecule has 1 rings (SSSR count). The Morgan fingerprint density at radius 1 is 1.50 bits per heavy atom. The molecule has 0 atom stereocenters. The zero-order valence-corrected chi connectivity index (χ0v) is 9.48. The number of aryl methyl sites for hydroxylation is 1. The van der Waals surface area contributed by atoms with E-state index in [1.54, 1.807) is 11.8 Å². The number of rotatable bonds is 3. The molecule has 0 fully saturated rings. The standard InChI is InChI=1S/C10H15N3S/c1-6(2)14-9-5-4-8(10(11)12)7(3)13-9/h4-6H,1-3H3,(H3,11,12). The molecule has 1 aromatic heterocycles. The van der Waals surface area contributed by atoms with Gasteiger partial charge in [-0.15, -0.1) is 11.8 Å². The molecule has 0 saturated carbocycles. The topological polar surface area (TPSA) is 62.8 Å². The summed E-state index contributed by atoms with van der Waals surface area (Å²) in [6.45, 7) is 6.13. The molecule has 0 amide bonds. The highest BCUT2D eigenvalue weighted by atomic mass is 32.2. The number of nitrogen functional groups attached to an aromatic ring is 1. The average molecular weight is 209 g/mol. The second-order valence-corrected chi connectivity index (χ2v) is 4.96. The van der Waals surface area contributed by atoms with Crippen molar-refractivity contribution in [3.63, 3.8) is 0 Å². The van der Waals surface area contributed by atoms with Crippen LogP contribution < -0.4 is 5.73 Å². The molecule has 1 heterocycles. The summed E-state index contributed by atoms with van der Waals surface area (Å²) in [7, 11) is 0. The second-order valence-electron chi connectivity index (χ2n) is 3.36. The van der Waals surface area contributed by atoms with Gasteiger partial charge in [-0.2, -0.15) is 0 Å². The number of amidine groups is 1. The monoisotopic (exact) mass is 209 g/mol. The largest absolute Gasteiger partial charge is 0.384 e. The molecule has 1 aromatic rings. The summed E-state index contributed by atoms with van der Waals surface area (Å²) >= 11 is 1.71. The Labute approximate surface area is 88.6 Å². The van der Waals surface area contributed by atoms with Gasteiger partial charge in [-0.25, -0.2) is 4.98 Å². The van der Waals surface area contributed by atoms with Crippen LogP contribution in [0.1, 0.15) is 25.1 Å². The zero-order valence-electron chi connectivity index (χ0n) is 8.66. The van der Waals surface area contributed by atoms with Gasteiger partial charge in [0.25, 0.3) is 0 Å². The number of nitrogens with two attached hydrogens (primary N) is 1. The maximum atomic E-state index is 7.32. The fourth-order valence-corrected chi connectivity index (χ4v) is 1.95. The molecule has 76 valence electrons. The van der Waals surface area contributed by atoms with Crippen molar-refractivity contribution in [3.8, 4) is 0 Å². The lowest BCUT2D eigenvalue weighted by molar-refractivity contribution is 1.03. The fraction of sp³-hybridized carbons (Fsp3) is 0.400. The van der Waals surface area contributed by atoms with E-state index in [9.17, 15) is 0 Å². The molecule has 0 saturated heterocycles. The van der Waals surface area contributed by atoms with Crippen molar-refractivity contribution in [1.29, 1.82) is 5.41 Å². The molecule has 0 bridgehead atoms. The van der Waals surface area contributed by atoms with Gasteiger partial charge in [0.05, 0.1) is 5.03 Å². The quantitative estimate of drug-likeness (QED) is 0.455. The molecule has 0 aliphatic heterocycles. The Hall–Kier alpha value is -1.03. The summed E-state index contributed by atoms with van der Waals surface area (Å²) in [5, 5.41) is 8.83. The van der Waals surface area contributed by atoms with Crippen LogP contribution in [0.4, 0.5) is 0 Å². The molecule has 3 nitrogen and oxygen atoms in total. The van der Waals surface area contributed by atoms with Gasteiger partial charge >= 0.3 is 0 Å². The molecule has 0 radical (unpaired) electrons. The summed E-state index contributed by atoms with van der Waals surface area (Å²) in [4.78, 5) is 4.38. The number of nitrogens with one attached hydrogen (secondary N) is 1. The number of hydrogen-bond acceptors (Lipinski definition) is 3. The van der Waals surface area contributed by atoms with Crippen molar-refractivity contribution in [3.05, 3.63) is 23.4 Å². The van der Waals surface area contributed by atoms with E-state index in [4.69, 9.17) is 11.1 Å². The first-order chi connectivity index (χ1) is 6.50. The summed E-state index contributed by atoms with van der Waals surface area (Å²) in [5.41, 5.74) is 6.95. The number of aromatic nitrogens is 1. The Bertz CT molecular complexity index is 347. The Morgan fingerprint density at radius 2 is 2.14 bits per heavy atom. The first-order valence-corrected chi connectivity index (χ1v) is 5.37. The Balaban J connectivity index is 2.94. The van der Waals surface area contributed by atoms with Crippen LogP contribution in [0.5, 0.6) is 0 Å². The van der Waals surface area contributed by atoms with Gasteiger partial charge in [0.2, 0.25) is 0 Å².